The van der Waals surface area contributed by atoms with Crippen molar-refractivity contribution in [1.29, 1.82) is 0 Å². The molecule has 2 aliphatic rings. The molecule has 0 aliphatic carbocycles. The monoisotopic (exact) mass is 289 g/mol. The molecule has 1 nitrogen and oxygen atoms in total. The summed E-state index contributed by atoms with van der Waals surface area (Å²) in [5.41, 5.74) is 5.55. The van der Waals surface area contributed by atoms with Gasteiger partial charge in [-0.2, -0.15) is 0 Å². The zero-order chi connectivity index (χ0) is 14.0. The summed E-state index contributed by atoms with van der Waals surface area (Å²) < 4.78 is 0. The summed E-state index contributed by atoms with van der Waals surface area (Å²) in [6.45, 7) is 2.33. The Morgan fingerprint density at radius 3 is 2.62 bits per heavy atom. The van der Waals surface area contributed by atoms with Crippen LogP contribution >= 0.6 is 11.8 Å². The molecule has 0 bridgehead atoms. The molecule has 1 unspecified atom stereocenters. The lowest BCUT2D eigenvalue weighted by atomic mass is 9.90. The van der Waals surface area contributed by atoms with Crippen LogP contribution in [0.25, 0.3) is 21.9 Å². The molecular weight excluding hydrogens is 274 g/mol. The van der Waals surface area contributed by atoms with Gasteiger partial charge in [-0.1, -0.05) is 42.5 Å². The fraction of sp³-hybridized carbons (Fsp3) is 0.158. The maximum absolute atomic E-state index is 2.55. The lowest BCUT2D eigenvalue weighted by molar-refractivity contribution is 0.783. The van der Waals surface area contributed by atoms with E-state index in [-0.39, 0.29) is 0 Å². The number of thioether (sulfide) groups is 1. The van der Waals surface area contributed by atoms with Crippen LogP contribution in [0.1, 0.15) is 6.92 Å². The largest absolute Gasteiger partial charge is 0.336 e. The summed E-state index contributed by atoms with van der Waals surface area (Å²) in [5, 5.41) is 2.75. The van der Waals surface area contributed by atoms with Crippen LogP contribution in [0.5, 0.6) is 0 Å². The van der Waals surface area contributed by atoms with E-state index >= 15 is 0 Å². The molecule has 2 aliphatic heterocycles. The highest BCUT2D eigenvalue weighted by atomic mass is 32.2. The molecule has 0 N–H and O–H groups in total. The molecule has 0 fully saturated rings. The molecule has 3 aromatic carbocycles. The van der Waals surface area contributed by atoms with E-state index < -0.39 is 0 Å². The van der Waals surface area contributed by atoms with Gasteiger partial charge in [-0.15, -0.1) is 11.8 Å². The van der Waals surface area contributed by atoms with Crippen molar-refractivity contribution in [1.82, 2.24) is 0 Å². The second kappa shape index (κ2) is 4.05. The lowest BCUT2D eigenvalue weighted by Crippen LogP contribution is -2.35. The van der Waals surface area contributed by atoms with Crippen LogP contribution < -0.4 is 4.90 Å². The SMILES string of the molecule is CC1CSc2cccc3c2N1c1cccc2cccc-3c12. The second-order valence-electron chi connectivity index (χ2n) is 5.86. The molecule has 1 atom stereocenters. The predicted molar refractivity (Wildman–Crippen MR) is 91.7 cm³/mol. The van der Waals surface area contributed by atoms with Gasteiger partial charge in [0.05, 0.1) is 5.69 Å². The van der Waals surface area contributed by atoms with Gasteiger partial charge in [-0.05, 0) is 30.0 Å². The predicted octanol–water partition coefficient (Wildman–Crippen LogP) is 5.45. The van der Waals surface area contributed by atoms with Gasteiger partial charge in [0.15, 0.2) is 0 Å². The zero-order valence-electron chi connectivity index (χ0n) is 11.8. The normalized spacial score (nSPS) is 18.7. The first-order valence-corrected chi connectivity index (χ1v) is 8.40. The average Bonchev–Trinajstić information content (AvgIpc) is 2.53. The molecule has 0 saturated heterocycles. The highest BCUT2D eigenvalue weighted by molar-refractivity contribution is 7.99. The second-order valence-corrected chi connectivity index (χ2v) is 6.93. The van der Waals surface area contributed by atoms with E-state index in [4.69, 9.17) is 0 Å². The number of anilines is 2. The highest BCUT2D eigenvalue weighted by Gasteiger charge is 2.32. The van der Waals surface area contributed by atoms with Crippen LogP contribution in [-0.2, 0) is 0 Å². The molecule has 0 spiro atoms. The van der Waals surface area contributed by atoms with Crippen molar-refractivity contribution in [3.63, 3.8) is 0 Å². The molecule has 2 heterocycles. The number of hydrogen-bond donors (Lipinski definition) is 0. The first-order chi connectivity index (χ1) is 10.3. The Bertz CT molecular complexity index is 879. The minimum absolute atomic E-state index is 0.530. The Labute approximate surface area is 128 Å². The van der Waals surface area contributed by atoms with Gasteiger partial charge in [-0.3, -0.25) is 0 Å². The number of fused-ring (bicyclic) bond motifs is 2. The average molecular weight is 289 g/mol. The minimum atomic E-state index is 0.530. The van der Waals surface area contributed by atoms with Gasteiger partial charge < -0.3 is 4.90 Å². The van der Waals surface area contributed by atoms with E-state index in [2.05, 4.69) is 66.4 Å². The molecule has 0 amide bonds. The van der Waals surface area contributed by atoms with Crippen molar-refractivity contribution in [2.75, 3.05) is 10.7 Å². The van der Waals surface area contributed by atoms with Crippen LogP contribution in [0.3, 0.4) is 0 Å². The molecule has 0 saturated carbocycles. The van der Waals surface area contributed by atoms with Crippen molar-refractivity contribution >= 4 is 33.9 Å². The lowest BCUT2D eigenvalue weighted by Gasteiger charge is -2.41. The topological polar surface area (TPSA) is 3.24 Å². The number of rotatable bonds is 0. The summed E-state index contributed by atoms with van der Waals surface area (Å²) in [4.78, 5) is 3.97. The van der Waals surface area contributed by atoms with E-state index in [0.29, 0.717) is 6.04 Å². The van der Waals surface area contributed by atoms with Crippen molar-refractivity contribution in [3.8, 4) is 11.1 Å². The first kappa shape index (κ1) is 11.7. The smallest absolute Gasteiger partial charge is 0.0631 e. The van der Waals surface area contributed by atoms with E-state index in [0.717, 1.165) is 5.75 Å². The Morgan fingerprint density at radius 2 is 1.71 bits per heavy atom. The maximum atomic E-state index is 2.55. The van der Waals surface area contributed by atoms with Crippen molar-refractivity contribution < 1.29 is 0 Å². The van der Waals surface area contributed by atoms with Crippen LogP contribution in [0.4, 0.5) is 11.4 Å². The third-order valence-electron chi connectivity index (χ3n) is 4.59. The Hall–Kier alpha value is -1.93. The highest BCUT2D eigenvalue weighted by Crippen LogP contribution is 2.53. The van der Waals surface area contributed by atoms with E-state index in [1.54, 1.807) is 0 Å². The van der Waals surface area contributed by atoms with Crippen LogP contribution in [-0.4, -0.2) is 11.8 Å². The number of hydrogen-bond acceptors (Lipinski definition) is 2. The quantitative estimate of drug-likeness (QED) is 0.541. The summed E-state index contributed by atoms with van der Waals surface area (Å²) in [7, 11) is 0. The molecular formula is C19H15NS. The molecule has 2 heteroatoms. The maximum Gasteiger partial charge on any atom is 0.0631 e. The van der Waals surface area contributed by atoms with Gasteiger partial charge in [0, 0.05) is 33.3 Å². The number of benzene rings is 3. The van der Waals surface area contributed by atoms with E-state index in [1.165, 1.54) is 38.2 Å². The van der Waals surface area contributed by atoms with Crippen molar-refractivity contribution in [2.45, 2.75) is 17.9 Å². The summed E-state index contributed by atoms with van der Waals surface area (Å²) in [6, 6.07) is 20.6. The molecule has 0 aromatic heterocycles. The van der Waals surface area contributed by atoms with Crippen LogP contribution in [0.2, 0.25) is 0 Å². The molecule has 5 rings (SSSR count). The first-order valence-electron chi connectivity index (χ1n) is 7.42. The molecule has 21 heavy (non-hydrogen) atoms. The summed E-state index contributed by atoms with van der Waals surface area (Å²) >= 11 is 1.99. The fourth-order valence-electron chi connectivity index (χ4n) is 3.71. The number of para-hydroxylation sites is 1. The Kier molecular flexibility index (Phi) is 2.25. The zero-order valence-corrected chi connectivity index (χ0v) is 12.7. The van der Waals surface area contributed by atoms with Crippen molar-refractivity contribution in [2.24, 2.45) is 0 Å². The van der Waals surface area contributed by atoms with Gasteiger partial charge in [-0.25, -0.2) is 0 Å². The molecule has 3 aromatic rings. The summed E-state index contributed by atoms with van der Waals surface area (Å²) in [6.07, 6.45) is 0. The van der Waals surface area contributed by atoms with Crippen molar-refractivity contribution in [3.05, 3.63) is 54.6 Å². The van der Waals surface area contributed by atoms with Gasteiger partial charge >= 0.3 is 0 Å². The standard InChI is InChI=1S/C19H15NS/c1-12-11-21-17-10-4-8-15-14-7-2-5-13-6-3-9-16(18(13)14)20(12)19(15)17/h2-10,12H,11H2,1H3. The Balaban J connectivity index is 2.01. The molecule has 102 valence electrons. The van der Waals surface area contributed by atoms with Gasteiger partial charge in [0.1, 0.15) is 0 Å². The third kappa shape index (κ3) is 1.43. The third-order valence-corrected chi connectivity index (χ3v) is 5.88. The Morgan fingerprint density at radius 1 is 0.952 bits per heavy atom. The van der Waals surface area contributed by atoms with Gasteiger partial charge in [0.2, 0.25) is 0 Å². The van der Waals surface area contributed by atoms with Gasteiger partial charge in [0.25, 0.3) is 0 Å². The molecule has 0 radical (unpaired) electrons. The fourth-order valence-corrected chi connectivity index (χ4v) is 4.80. The number of nitrogens with zero attached hydrogens (tertiary/aromatic N) is 1. The summed E-state index contributed by atoms with van der Waals surface area (Å²) in [5.74, 6) is 1.15. The minimum Gasteiger partial charge on any atom is -0.336 e. The van der Waals surface area contributed by atoms with Crippen LogP contribution in [0, 0.1) is 0 Å². The van der Waals surface area contributed by atoms with E-state index in [1.807, 2.05) is 11.8 Å². The van der Waals surface area contributed by atoms with Crippen LogP contribution in [0.15, 0.2) is 59.5 Å². The van der Waals surface area contributed by atoms with E-state index in [9.17, 15) is 0 Å².